The van der Waals surface area contributed by atoms with Gasteiger partial charge >= 0.3 is 5.97 Å². The number of pyridine rings is 1. The van der Waals surface area contributed by atoms with E-state index in [0.29, 0.717) is 18.8 Å². The molecule has 2 aromatic carbocycles. The van der Waals surface area contributed by atoms with Crippen LogP contribution in [0.5, 0.6) is 0 Å². The van der Waals surface area contributed by atoms with Crippen molar-refractivity contribution in [2.45, 2.75) is 40.3 Å². The zero-order valence-corrected chi connectivity index (χ0v) is 17.4. The quantitative estimate of drug-likeness (QED) is 0.702. The molecule has 1 aliphatic heterocycles. The van der Waals surface area contributed by atoms with Crippen LogP contribution in [0.3, 0.4) is 0 Å². The molecule has 0 radical (unpaired) electrons. The van der Waals surface area contributed by atoms with Gasteiger partial charge in [0.25, 0.3) is 5.91 Å². The Hall–Kier alpha value is -3.47. The average molecular weight is 400 g/mol. The molecule has 0 bridgehead atoms. The molecule has 1 aliphatic rings. The highest BCUT2D eigenvalue weighted by atomic mass is 16.4. The predicted molar refractivity (Wildman–Crippen MR) is 115 cm³/mol. The van der Waals surface area contributed by atoms with E-state index in [1.54, 1.807) is 29.3 Å². The number of hydrogen-bond acceptors (Lipinski definition) is 3. The highest BCUT2D eigenvalue weighted by molar-refractivity contribution is 5.93. The molecule has 0 fully saturated rings. The lowest BCUT2D eigenvalue weighted by Crippen LogP contribution is -2.26. The summed E-state index contributed by atoms with van der Waals surface area (Å²) in [5.41, 5.74) is 8.57. The zero-order valence-electron chi connectivity index (χ0n) is 17.4. The van der Waals surface area contributed by atoms with Gasteiger partial charge in [0, 0.05) is 19.3 Å². The van der Waals surface area contributed by atoms with Crippen LogP contribution in [-0.4, -0.2) is 26.9 Å². The topological polar surface area (TPSA) is 70.5 Å². The number of aryl methyl sites for hydroxylation is 1. The van der Waals surface area contributed by atoms with Crippen LogP contribution >= 0.6 is 0 Å². The minimum Gasteiger partial charge on any atom is -0.481 e. The minimum atomic E-state index is -0.856. The van der Waals surface area contributed by atoms with Crippen LogP contribution < -0.4 is 0 Å². The van der Waals surface area contributed by atoms with Gasteiger partial charge in [0.2, 0.25) is 0 Å². The first-order chi connectivity index (χ1) is 14.4. The Balaban J connectivity index is 1.82. The number of rotatable bonds is 4. The van der Waals surface area contributed by atoms with Gasteiger partial charge in [-0.15, -0.1) is 0 Å². The maximum absolute atomic E-state index is 13.0. The van der Waals surface area contributed by atoms with Crippen molar-refractivity contribution in [1.29, 1.82) is 0 Å². The predicted octanol–water partition coefficient (Wildman–Crippen LogP) is 4.46. The van der Waals surface area contributed by atoms with Gasteiger partial charge in [-0.2, -0.15) is 0 Å². The van der Waals surface area contributed by atoms with Crippen molar-refractivity contribution in [2.75, 3.05) is 0 Å². The third-order valence-electron chi connectivity index (χ3n) is 5.94. The Bertz CT molecular complexity index is 1140. The van der Waals surface area contributed by atoms with Crippen LogP contribution in [0, 0.1) is 20.8 Å². The van der Waals surface area contributed by atoms with Gasteiger partial charge in [0.05, 0.1) is 6.42 Å². The molecule has 0 saturated carbocycles. The molecule has 5 heteroatoms. The zero-order chi connectivity index (χ0) is 21.4. The fourth-order valence-electron chi connectivity index (χ4n) is 4.34. The lowest BCUT2D eigenvalue weighted by molar-refractivity contribution is -0.136. The summed E-state index contributed by atoms with van der Waals surface area (Å²) in [7, 11) is 0. The Labute approximate surface area is 176 Å². The fourth-order valence-corrected chi connectivity index (χ4v) is 4.34. The Kier molecular flexibility index (Phi) is 5.12. The SMILES string of the molecule is Cc1ccc(-c2c(C)c3c(c(C)c2CC(=O)O)CN(C(=O)c2ccccn2)C3)cc1. The normalized spacial score (nSPS) is 12.7. The number of nitrogens with zero attached hydrogens (tertiary/aromatic N) is 2. The highest BCUT2D eigenvalue weighted by Gasteiger charge is 2.31. The summed E-state index contributed by atoms with van der Waals surface area (Å²) in [5.74, 6) is -0.965. The lowest BCUT2D eigenvalue weighted by Gasteiger charge is -2.19. The number of carboxylic acids is 1. The highest BCUT2D eigenvalue weighted by Crippen LogP contribution is 2.39. The van der Waals surface area contributed by atoms with Gasteiger partial charge in [-0.25, -0.2) is 0 Å². The molecule has 1 aromatic heterocycles. The van der Waals surface area contributed by atoms with Crippen LogP contribution in [-0.2, 0) is 24.3 Å². The van der Waals surface area contributed by atoms with E-state index in [9.17, 15) is 14.7 Å². The van der Waals surface area contributed by atoms with E-state index < -0.39 is 5.97 Å². The first-order valence-corrected chi connectivity index (χ1v) is 9.99. The average Bonchev–Trinajstić information content (AvgIpc) is 3.19. The van der Waals surface area contributed by atoms with Crippen LogP contribution in [0.2, 0.25) is 0 Å². The second kappa shape index (κ2) is 7.75. The van der Waals surface area contributed by atoms with Gasteiger partial charge in [0.15, 0.2) is 0 Å². The molecular weight excluding hydrogens is 376 g/mol. The summed E-state index contributed by atoms with van der Waals surface area (Å²) in [4.78, 5) is 30.6. The number of carbonyl (C=O) groups excluding carboxylic acids is 1. The first kappa shape index (κ1) is 19.8. The summed E-state index contributed by atoms with van der Waals surface area (Å²) in [6.45, 7) is 7.02. The Morgan fingerprint density at radius 3 is 2.23 bits per heavy atom. The van der Waals surface area contributed by atoms with Crippen LogP contribution in [0.4, 0.5) is 0 Å². The van der Waals surface area contributed by atoms with Gasteiger partial charge in [-0.05, 0) is 71.8 Å². The first-order valence-electron chi connectivity index (χ1n) is 9.99. The molecule has 3 aromatic rings. The third-order valence-corrected chi connectivity index (χ3v) is 5.94. The number of aromatic nitrogens is 1. The standard InChI is InChI=1S/C25H24N2O3/c1-15-7-9-18(10-8-15)24-17(3)21-14-27(25(30)22-6-4-5-11-26-22)13-20(21)16(2)19(24)12-23(28)29/h4-11H,12-14H2,1-3H3,(H,28,29). The third kappa shape index (κ3) is 3.47. The monoisotopic (exact) mass is 400 g/mol. The fraction of sp³-hybridized carbons (Fsp3) is 0.240. The Morgan fingerprint density at radius 2 is 1.63 bits per heavy atom. The minimum absolute atomic E-state index is 0.0443. The van der Waals surface area contributed by atoms with E-state index in [0.717, 1.165) is 44.5 Å². The van der Waals surface area contributed by atoms with Crippen LogP contribution in [0.25, 0.3) is 11.1 Å². The van der Waals surface area contributed by atoms with E-state index in [4.69, 9.17) is 0 Å². The molecule has 1 N–H and O–H groups in total. The summed E-state index contributed by atoms with van der Waals surface area (Å²) in [6, 6.07) is 13.5. The van der Waals surface area contributed by atoms with Gasteiger partial charge in [-0.3, -0.25) is 14.6 Å². The van der Waals surface area contributed by atoms with E-state index in [1.807, 2.05) is 45.0 Å². The van der Waals surface area contributed by atoms with Crippen molar-refractivity contribution in [3.8, 4) is 11.1 Å². The summed E-state index contributed by atoms with van der Waals surface area (Å²) < 4.78 is 0. The molecule has 30 heavy (non-hydrogen) atoms. The molecular formula is C25H24N2O3. The molecule has 4 rings (SSSR count). The van der Waals surface area contributed by atoms with Crippen molar-refractivity contribution in [3.05, 3.63) is 87.7 Å². The molecule has 0 saturated heterocycles. The van der Waals surface area contributed by atoms with Crippen molar-refractivity contribution in [1.82, 2.24) is 9.88 Å². The van der Waals surface area contributed by atoms with E-state index in [-0.39, 0.29) is 12.3 Å². The second-order valence-electron chi connectivity index (χ2n) is 7.87. The van der Waals surface area contributed by atoms with Crippen molar-refractivity contribution < 1.29 is 14.7 Å². The summed E-state index contributed by atoms with van der Waals surface area (Å²) in [6.07, 6.45) is 1.57. The lowest BCUT2D eigenvalue weighted by atomic mass is 9.84. The number of benzene rings is 2. The molecule has 0 aliphatic carbocycles. The smallest absolute Gasteiger partial charge is 0.307 e. The van der Waals surface area contributed by atoms with Gasteiger partial charge < -0.3 is 10.0 Å². The maximum atomic E-state index is 13.0. The molecule has 0 spiro atoms. The molecule has 0 unspecified atom stereocenters. The maximum Gasteiger partial charge on any atom is 0.307 e. The number of amides is 1. The number of carbonyl (C=O) groups is 2. The molecule has 0 atom stereocenters. The largest absolute Gasteiger partial charge is 0.481 e. The molecule has 2 heterocycles. The number of carboxylic acid groups (broad SMARTS) is 1. The summed E-state index contributed by atoms with van der Waals surface area (Å²) in [5, 5.41) is 9.56. The molecule has 5 nitrogen and oxygen atoms in total. The van der Waals surface area contributed by atoms with E-state index in [2.05, 4.69) is 4.98 Å². The van der Waals surface area contributed by atoms with E-state index in [1.165, 1.54) is 0 Å². The van der Waals surface area contributed by atoms with Crippen LogP contribution in [0.15, 0.2) is 48.7 Å². The molecule has 1 amide bonds. The van der Waals surface area contributed by atoms with Crippen molar-refractivity contribution in [2.24, 2.45) is 0 Å². The van der Waals surface area contributed by atoms with Crippen molar-refractivity contribution >= 4 is 11.9 Å². The Morgan fingerprint density at radius 1 is 0.967 bits per heavy atom. The molecule has 152 valence electrons. The number of aliphatic carboxylic acids is 1. The number of fused-ring (bicyclic) bond motifs is 1. The van der Waals surface area contributed by atoms with Gasteiger partial charge in [-0.1, -0.05) is 35.9 Å². The summed E-state index contributed by atoms with van der Waals surface area (Å²) >= 11 is 0. The van der Waals surface area contributed by atoms with Gasteiger partial charge in [0.1, 0.15) is 5.69 Å². The van der Waals surface area contributed by atoms with Crippen LogP contribution in [0.1, 0.15) is 43.9 Å². The van der Waals surface area contributed by atoms with E-state index >= 15 is 0 Å². The van der Waals surface area contributed by atoms with Crippen molar-refractivity contribution in [3.63, 3.8) is 0 Å². The number of hydrogen-bond donors (Lipinski definition) is 1. The second-order valence-corrected chi connectivity index (χ2v) is 7.87.